The summed E-state index contributed by atoms with van der Waals surface area (Å²) in [6.45, 7) is 2.33. The van der Waals surface area contributed by atoms with Crippen LogP contribution in [0.4, 0.5) is 4.39 Å². The third-order valence-corrected chi connectivity index (χ3v) is 1.21. The summed E-state index contributed by atoms with van der Waals surface area (Å²) in [5.41, 5.74) is 0.674. The Morgan fingerprint density at radius 2 is 2.44 bits per heavy atom. The average molecular weight is 125 g/mol. The zero-order valence-corrected chi connectivity index (χ0v) is 5.26. The number of hydrogen-bond acceptors (Lipinski definition) is 1. The Balaban J connectivity index is 2.85. The predicted molar refractivity (Wildman–Crippen MR) is 36.3 cm³/mol. The van der Waals surface area contributed by atoms with Crippen LogP contribution in [0.2, 0.25) is 0 Å². The van der Waals surface area contributed by atoms with Crippen molar-refractivity contribution in [2.24, 2.45) is 4.99 Å². The third kappa shape index (κ3) is 1.49. The van der Waals surface area contributed by atoms with Crippen LogP contribution in [0.25, 0.3) is 0 Å². The Kier molecular flexibility index (Phi) is 1.78. The molecule has 0 N–H and O–H groups in total. The standard InChI is InChI=1S/C7H8FN/c1-6-2-4-9-5-3-7(6)8/h2-3,5H,4H2,1H3. The van der Waals surface area contributed by atoms with Gasteiger partial charge in [-0.2, -0.15) is 0 Å². The van der Waals surface area contributed by atoms with E-state index in [0.29, 0.717) is 12.1 Å². The topological polar surface area (TPSA) is 12.4 Å². The van der Waals surface area contributed by atoms with Gasteiger partial charge in [-0.3, -0.25) is 4.99 Å². The van der Waals surface area contributed by atoms with E-state index < -0.39 is 0 Å². The number of nitrogens with zero attached hydrogens (tertiary/aromatic N) is 1. The second-order valence-corrected chi connectivity index (χ2v) is 1.92. The van der Waals surface area contributed by atoms with Crippen LogP contribution >= 0.6 is 0 Å². The van der Waals surface area contributed by atoms with E-state index in [-0.39, 0.29) is 5.83 Å². The van der Waals surface area contributed by atoms with E-state index in [2.05, 4.69) is 4.99 Å². The first-order valence-electron chi connectivity index (χ1n) is 2.83. The molecule has 1 aliphatic rings. The minimum Gasteiger partial charge on any atom is -0.289 e. The van der Waals surface area contributed by atoms with Crippen LogP contribution in [-0.4, -0.2) is 12.8 Å². The fraction of sp³-hybridized carbons (Fsp3) is 0.286. The highest BCUT2D eigenvalue weighted by molar-refractivity contribution is 5.73. The molecule has 0 spiro atoms. The highest BCUT2D eigenvalue weighted by atomic mass is 19.1. The molecule has 0 radical (unpaired) electrons. The first kappa shape index (κ1) is 6.20. The van der Waals surface area contributed by atoms with Gasteiger partial charge >= 0.3 is 0 Å². The van der Waals surface area contributed by atoms with Crippen molar-refractivity contribution in [1.29, 1.82) is 0 Å². The van der Waals surface area contributed by atoms with Gasteiger partial charge in [0.15, 0.2) is 0 Å². The lowest BCUT2D eigenvalue weighted by atomic mass is 10.2. The monoisotopic (exact) mass is 125 g/mol. The molecule has 0 aromatic rings. The van der Waals surface area contributed by atoms with Gasteiger partial charge in [0.1, 0.15) is 5.83 Å². The molecular formula is C7H8FN. The number of aliphatic imine (C=N–C) groups is 1. The number of rotatable bonds is 0. The van der Waals surface area contributed by atoms with Crippen LogP contribution < -0.4 is 0 Å². The van der Waals surface area contributed by atoms with Crippen molar-refractivity contribution in [1.82, 2.24) is 0 Å². The van der Waals surface area contributed by atoms with E-state index >= 15 is 0 Å². The zero-order valence-electron chi connectivity index (χ0n) is 5.26. The van der Waals surface area contributed by atoms with Crippen molar-refractivity contribution in [3.8, 4) is 0 Å². The summed E-state index contributed by atoms with van der Waals surface area (Å²) < 4.78 is 12.5. The zero-order chi connectivity index (χ0) is 6.69. The Hall–Kier alpha value is -0.920. The molecule has 1 heterocycles. The molecule has 48 valence electrons. The molecule has 0 aromatic heterocycles. The van der Waals surface area contributed by atoms with Crippen LogP contribution in [0.15, 0.2) is 28.5 Å². The van der Waals surface area contributed by atoms with Gasteiger partial charge in [-0.1, -0.05) is 6.08 Å². The lowest BCUT2D eigenvalue weighted by molar-refractivity contribution is 0.653. The molecule has 0 aliphatic carbocycles. The number of allylic oxidation sites excluding steroid dienone is 3. The van der Waals surface area contributed by atoms with Crippen molar-refractivity contribution in [3.63, 3.8) is 0 Å². The normalized spacial score (nSPS) is 18.4. The van der Waals surface area contributed by atoms with Gasteiger partial charge in [-0.05, 0) is 18.6 Å². The molecule has 2 heteroatoms. The van der Waals surface area contributed by atoms with Gasteiger partial charge in [-0.25, -0.2) is 4.39 Å². The quantitative estimate of drug-likeness (QED) is 0.468. The minimum atomic E-state index is -0.184. The Bertz CT molecular complexity index is 189. The second kappa shape index (κ2) is 2.58. The van der Waals surface area contributed by atoms with E-state index in [1.165, 1.54) is 12.3 Å². The van der Waals surface area contributed by atoms with E-state index in [4.69, 9.17) is 0 Å². The summed E-state index contributed by atoms with van der Waals surface area (Å²) >= 11 is 0. The molecule has 0 fully saturated rings. The molecule has 1 nitrogen and oxygen atoms in total. The second-order valence-electron chi connectivity index (χ2n) is 1.92. The fourth-order valence-electron chi connectivity index (χ4n) is 0.598. The molecule has 0 amide bonds. The van der Waals surface area contributed by atoms with Crippen LogP contribution in [-0.2, 0) is 0 Å². The number of halogens is 1. The molecular weight excluding hydrogens is 117 g/mol. The van der Waals surface area contributed by atoms with Crippen LogP contribution in [0.3, 0.4) is 0 Å². The molecule has 0 unspecified atom stereocenters. The van der Waals surface area contributed by atoms with Crippen molar-refractivity contribution in [2.75, 3.05) is 6.54 Å². The first-order valence-corrected chi connectivity index (χ1v) is 2.83. The lowest BCUT2D eigenvalue weighted by Gasteiger charge is -1.89. The Morgan fingerprint density at radius 3 is 3.22 bits per heavy atom. The molecule has 0 saturated carbocycles. The van der Waals surface area contributed by atoms with Gasteiger partial charge in [0.25, 0.3) is 0 Å². The van der Waals surface area contributed by atoms with E-state index in [9.17, 15) is 4.39 Å². The average Bonchev–Trinajstić information content (AvgIpc) is 1.99. The first-order chi connectivity index (χ1) is 4.30. The maximum absolute atomic E-state index is 12.5. The third-order valence-electron chi connectivity index (χ3n) is 1.21. The molecule has 1 rings (SSSR count). The smallest absolute Gasteiger partial charge is 0.127 e. The van der Waals surface area contributed by atoms with Crippen LogP contribution in [0.1, 0.15) is 6.92 Å². The SMILES string of the molecule is CC1=CCN=CC=C1F. The van der Waals surface area contributed by atoms with Gasteiger partial charge < -0.3 is 0 Å². The highest BCUT2D eigenvalue weighted by Gasteiger charge is 1.96. The molecule has 0 aromatic carbocycles. The van der Waals surface area contributed by atoms with E-state index in [0.717, 1.165) is 0 Å². The minimum absolute atomic E-state index is 0.184. The predicted octanol–water partition coefficient (Wildman–Crippen LogP) is 1.87. The fourth-order valence-corrected chi connectivity index (χ4v) is 0.598. The molecule has 9 heavy (non-hydrogen) atoms. The van der Waals surface area contributed by atoms with Crippen molar-refractivity contribution >= 4 is 6.21 Å². The van der Waals surface area contributed by atoms with Crippen LogP contribution in [0, 0.1) is 0 Å². The molecule has 0 bridgehead atoms. The largest absolute Gasteiger partial charge is 0.289 e. The van der Waals surface area contributed by atoms with E-state index in [1.807, 2.05) is 0 Å². The lowest BCUT2D eigenvalue weighted by Crippen LogP contribution is -1.75. The maximum Gasteiger partial charge on any atom is 0.127 e. The van der Waals surface area contributed by atoms with Crippen molar-refractivity contribution < 1.29 is 4.39 Å². The summed E-state index contributed by atoms with van der Waals surface area (Å²) in [6, 6.07) is 0. The summed E-state index contributed by atoms with van der Waals surface area (Å²) in [7, 11) is 0. The molecule has 1 aliphatic heterocycles. The van der Waals surface area contributed by atoms with Gasteiger partial charge in [-0.15, -0.1) is 0 Å². The summed E-state index contributed by atoms with van der Waals surface area (Å²) in [4.78, 5) is 3.85. The van der Waals surface area contributed by atoms with Crippen molar-refractivity contribution in [3.05, 3.63) is 23.6 Å². The summed E-state index contributed by atoms with van der Waals surface area (Å²) in [6.07, 6.45) is 4.62. The Labute approximate surface area is 53.6 Å². The van der Waals surface area contributed by atoms with Gasteiger partial charge in [0.05, 0.1) is 6.54 Å². The highest BCUT2D eigenvalue weighted by Crippen LogP contribution is 2.10. The van der Waals surface area contributed by atoms with Gasteiger partial charge in [0, 0.05) is 6.21 Å². The van der Waals surface area contributed by atoms with Crippen LogP contribution in [0.5, 0.6) is 0 Å². The molecule has 0 saturated heterocycles. The summed E-state index contributed by atoms with van der Waals surface area (Å²) in [5, 5.41) is 0. The Morgan fingerprint density at radius 1 is 1.67 bits per heavy atom. The van der Waals surface area contributed by atoms with Gasteiger partial charge in [0.2, 0.25) is 0 Å². The van der Waals surface area contributed by atoms with Crippen molar-refractivity contribution in [2.45, 2.75) is 6.92 Å². The number of hydrogen-bond donors (Lipinski definition) is 0. The maximum atomic E-state index is 12.5. The molecule has 0 atom stereocenters. The summed E-state index contributed by atoms with van der Waals surface area (Å²) in [5.74, 6) is -0.184. The van der Waals surface area contributed by atoms with E-state index in [1.54, 1.807) is 13.0 Å².